The molecule has 3 rings (SSSR count). The smallest absolute Gasteiger partial charge is 0.426 e. The molecule has 29 heavy (non-hydrogen) atoms. The van der Waals surface area contributed by atoms with E-state index in [9.17, 15) is 9.59 Å². The first-order valence-electron chi connectivity index (χ1n) is 8.36. The van der Waals surface area contributed by atoms with Gasteiger partial charge in [0.25, 0.3) is 5.91 Å². The van der Waals surface area contributed by atoms with Crippen LogP contribution in [0.1, 0.15) is 15.9 Å². The molecule has 9 nitrogen and oxygen atoms in total. The topological polar surface area (TPSA) is 112 Å². The Bertz CT molecular complexity index is 1060. The molecular weight excluding hydrogens is 400 g/mol. The second-order valence-electron chi connectivity index (χ2n) is 5.69. The molecule has 0 aliphatic carbocycles. The van der Waals surface area contributed by atoms with Gasteiger partial charge in [0.05, 0.1) is 30.3 Å². The highest BCUT2D eigenvalue weighted by Crippen LogP contribution is 2.37. The van der Waals surface area contributed by atoms with Crippen molar-refractivity contribution in [1.29, 1.82) is 0 Å². The molecule has 2 amide bonds. The normalized spacial score (nSPS) is 10.3. The number of nitrogens with one attached hydrogen (secondary N) is 2. The van der Waals surface area contributed by atoms with Crippen LogP contribution in [-0.4, -0.2) is 36.2 Å². The average molecular weight is 417 g/mol. The second-order valence-corrected chi connectivity index (χ2v) is 6.07. The summed E-state index contributed by atoms with van der Waals surface area (Å²) in [6.45, 7) is -0.132. The van der Waals surface area contributed by atoms with E-state index in [1.807, 2.05) is 0 Å². The number of halogens is 1. The molecule has 150 valence electrons. The van der Waals surface area contributed by atoms with Gasteiger partial charge in [0.2, 0.25) is 0 Å². The van der Waals surface area contributed by atoms with Crippen molar-refractivity contribution in [3.05, 3.63) is 58.9 Å². The molecule has 0 bridgehead atoms. The molecule has 0 radical (unpaired) electrons. The molecule has 3 aromatic rings. The summed E-state index contributed by atoms with van der Waals surface area (Å²) in [6.07, 6.45) is 2.23. The Morgan fingerprint density at radius 3 is 2.48 bits per heavy atom. The second kappa shape index (κ2) is 9.07. The zero-order valence-corrected chi connectivity index (χ0v) is 16.3. The highest BCUT2D eigenvalue weighted by Gasteiger charge is 2.15. The molecule has 0 aliphatic rings. The summed E-state index contributed by atoms with van der Waals surface area (Å²) >= 11 is 6.23. The Labute approximate surface area is 170 Å². The van der Waals surface area contributed by atoms with Crippen LogP contribution in [-0.2, 0) is 11.3 Å². The lowest BCUT2D eigenvalue weighted by atomic mass is 10.2. The lowest BCUT2D eigenvalue weighted by Gasteiger charge is -2.13. The van der Waals surface area contributed by atoms with Crippen molar-refractivity contribution in [1.82, 2.24) is 20.8 Å². The van der Waals surface area contributed by atoms with Gasteiger partial charge in [0.1, 0.15) is 6.61 Å². The highest BCUT2D eigenvalue weighted by atomic mass is 35.5. The summed E-state index contributed by atoms with van der Waals surface area (Å²) in [7, 11) is 2.94. The van der Waals surface area contributed by atoms with Crippen molar-refractivity contribution < 1.29 is 23.8 Å². The molecule has 1 heterocycles. The number of carbonyl (C=O) groups is 2. The molecule has 0 saturated heterocycles. The van der Waals surface area contributed by atoms with Crippen LogP contribution in [0.5, 0.6) is 11.5 Å². The van der Waals surface area contributed by atoms with Gasteiger partial charge < -0.3 is 14.2 Å². The van der Waals surface area contributed by atoms with Crippen LogP contribution < -0.4 is 20.3 Å². The number of rotatable bonds is 5. The number of hydrazine groups is 1. The van der Waals surface area contributed by atoms with Gasteiger partial charge in [-0.25, -0.2) is 10.2 Å². The molecule has 2 N–H and O–H groups in total. The van der Waals surface area contributed by atoms with Crippen LogP contribution in [0.2, 0.25) is 5.02 Å². The number of fused-ring (bicyclic) bond motifs is 1. The van der Waals surface area contributed by atoms with Crippen LogP contribution in [0.3, 0.4) is 0 Å². The van der Waals surface area contributed by atoms with Crippen LogP contribution in [0.4, 0.5) is 4.79 Å². The molecule has 0 fully saturated rings. The number of amides is 2. The van der Waals surface area contributed by atoms with E-state index in [2.05, 4.69) is 20.8 Å². The Hall–Kier alpha value is -3.59. The predicted octanol–water partition coefficient (Wildman–Crippen LogP) is 2.87. The van der Waals surface area contributed by atoms with Crippen LogP contribution in [0, 0.1) is 0 Å². The van der Waals surface area contributed by atoms with Crippen LogP contribution in [0.25, 0.3) is 11.0 Å². The summed E-state index contributed by atoms with van der Waals surface area (Å²) in [5.74, 6) is 0.264. The van der Waals surface area contributed by atoms with Crippen molar-refractivity contribution in [3.8, 4) is 11.5 Å². The van der Waals surface area contributed by atoms with Gasteiger partial charge in [-0.15, -0.1) is 0 Å². The number of hydrogen-bond donors (Lipinski definition) is 2. The van der Waals surface area contributed by atoms with E-state index >= 15 is 0 Å². The summed E-state index contributed by atoms with van der Waals surface area (Å²) in [6, 6.07) is 8.09. The molecular formula is C19H17ClN4O5. The SMILES string of the molecule is COc1ccc(COC(=O)NNC(=O)c2ccc3nccnc3c2)c(Cl)c1OC. The summed E-state index contributed by atoms with van der Waals surface area (Å²) in [4.78, 5) is 32.3. The molecule has 10 heteroatoms. The summed E-state index contributed by atoms with van der Waals surface area (Å²) < 4.78 is 15.4. The van der Waals surface area contributed by atoms with E-state index in [-0.39, 0.29) is 11.6 Å². The van der Waals surface area contributed by atoms with Crippen molar-refractivity contribution in [3.63, 3.8) is 0 Å². The first-order chi connectivity index (χ1) is 14.0. The summed E-state index contributed by atoms with van der Waals surface area (Å²) in [5, 5.41) is 0.265. The maximum absolute atomic E-state index is 12.2. The van der Waals surface area contributed by atoms with Gasteiger partial charge in [-0.05, 0) is 24.3 Å². The molecule has 0 spiro atoms. The maximum atomic E-state index is 12.2. The van der Waals surface area contributed by atoms with Gasteiger partial charge in [-0.2, -0.15) is 0 Å². The van der Waals surface area contributed by atoms with Crippen molar-refractivity contribution in [2.24, 2.45) is 0 Å². The number of ether oxygens (including phenoxy) is 3. The maximum Gasteiger partial charge on any atom is 0.426 e. The molecule has 0 unspecified atom stereocenters. The van der Waals surface area contributed by atoms with Gasteiger partial charge in [-0.3, -0.25) is 20.2 Å². The quantitative estimate of drug-likeness (QED) is 0.615. The Morgan fingerprint density at radius 2 is 1.76 bits per heavy atom. The van der Waals surface area contributed by atoms with Crippen molar-refractivity contribution in [2.45, 2.75) is 6.61 Å². The van der Waals surface area contributed by atoms with Crippen molar-refractivity contribution >= 4 is 34.6 Å². The summed E-state index contributed by atoms with van der Waals surface area (Å²) in [5.41, 5.74) is 6.48. The highest BCUT2D eigenvalue weighted by molar-refractivity contribution is 6.33. The van der Waals surface area contributed by atoms with Gasteiger partial charge in [0, 0.05) is 23.5 Å². The van der Waals surface area contributed by atoms with E-state index in [4.69, 9.17) is 25.8 Å². The third-order valence-corrected chi connectivity index (χ3v) is 4.35. The first kappa shape index (κ1) is 20.2. The zero-order chi connectivity index (χ0) is 20.8. The van der Waals surface area contributed by atoms with Gasteiger partial charge in [0.15, 0.2) is 11.5 Å². The van der Waals surface area contributed by atoms with Crippen molar-refractivity contribution in [2.75, 3.05) is 14.2 Å². The fourth-order valence-electron chi connectivity index (χ4n) is 2.51. The largest absolute Gasteiger partial charge is 0.493 e. The zero-order valence-electron chi connectivity index (χ0n) is 15.6. The third-order valence-electron chi connectivity index (χ3n) is 3.93. The van der Waals surface area contributed by atoms with Crippen LogP contribution >= 0.6 is 11.6 Å². The molecule has 0 atom stereocenters. The first-order valence-corrected chi connectivity index (χ1v) is 8.74. The molecule has 2 aromatic carbocycles. The molecule has 1 aromatic heterocycles. The lowest BCUT2D eigenvalue weighted by Crippen LogP contribution is -2.41. The number of nitrogens with zero attached hydrogens (tertiary/aromatic N) is 2. The minimum absolute atomic E-state index is 0.132. The average Bonchev–Trinajstić information content (AvgIpc) is 2.75. The fourth-order valence-corrected chi connectivity index (χ4v) is 2.79. The third kappa shape index (κ3) is 4.64. The standard InChI is InChI=1S/C19H17ClN4O5/c1-27-15-6-4-12(16(20)17(15)28-2)10-29-19(26)24-23-18(25)11-3-5-13-14(9-11)22-8-7-21-13/h3-9H,10H2,1-2H3,(H,23,25)(H,24,26). The van der Waals surface area contributed by atoms with Gasteiger partial charge >= 0.3 is 6.09 Å². The number of carbonyl (C=O) groups excluding carboxylic acids is 2. The Kier molecular flexibility index (Phi) is 6.30. The molecule has 0 saturated carbocycles. The van der Waals surface area contributed by atoms with E-state index in [0.29, 0.717) is 33.7 Å². The predicted molar refractivity (Wildman–Crippen MR) is 105 cm³/mol. The van der Waals surface area contributed by atoms with E-state index in [1.54, 1.807) is 36.5 Å². The van der Waals surface area contributed by atoms with Crippen LogP contribution in [0.15, 0.2) is 42.7 Å². The monoisotopic (exact) mass is 416 g/mol. The molecule has 0 aliphatic heterocycles. The van der Waals surface area contributed by atoms with E-state index in [0.717, 1.165) is 0 Å². The number of aromatic nitrogens is 2. The fraction of sp³-hybridized carbons (Fsp3) is 0.158. The minimum atomic E-state index is -0.857. The van der Waals surface area contributed by atoms with Gasteiger partial charge in [-0.1, -0.05) is 17.7 Å². The van der Waals surface area contributed by atoms with E-state index < -0.39 is 12.0 Å². The number of hydrogen-bond acceptors (Lipinski definition) is 7. The Balaban J connectivity index is 1.56. The minimum Gasteiger partial charge on any atom is -0.493 e. The van der Waals surface area contributed by atoms with E-state index in [1.165, 1.54) is 20.4 Å². The number of methoxy groups -OCH3 is 2. The number of benzene rings is 2. The Morgan fingerprint density at radius 1 is 1.00 bits per heavy atom. The lowest BCUT2D eigenvalue weighted by molar-refractivity contribution is 0.0905.